The van der Waals surface area contributed by atoms with Crippen molar-refractivity contribution in [3.8, 4) is 5.75 Å². The van der Waals surface area contributed by atoms with Crippen molar-refractivity contribution in [2.45, 2.75) is 25.9 Å². The van der Waals surface area contributed by atoms with Crippen molar-refractivity contribution >= 4 is 5.82 Å². The van der Waals surface area contributed by atoms with Crippen LogP contribution in [0, 0.1) is 5.82 Å². The number of aromatic nitrogens is 1. The van der Waals surface area contributed by atoms with Gasteiger partial charge in [0, 0.05) is 31.4 Å². The number of hydrogen-bond donors (Lipinski definition) is 1. The van der Waals surface area contributed by atoms with E-state index < -0.39 is 0 Å². The first-order chi connectivity index (χ1) is 10.6. The molecule has 2 rings (SSSR count). The first-order valence-corrected chi connectivity index (χ1v) is 7.35. The monoisotopic (exact) mass is 303 g/mol. The Balaban J connectivity index is 2.09. The molecule has 118 valence electrons. The van der Waals surface area contributed by atoms with E-state index in [1.165, 1.54) is 12.1 Å². The van der Waals surface area contributed by atoms with Gasteiger partial charge in [-0.25, -0.2) is 9.37 Å². The Morgan fingerprint density at radius 1 is 1.32 bits per heavy atom. The van der Waals surface area contributed by atoms with Crippen molar-refractivity contribution in [2.75, 3.05) is 18.6 Å². The predicted octanol–water partition coefficient (Wildman–Crippen LogP) is 2.97. The fourth-order valence-corrected chi connectivity index (χ4v) is 2.08. The summed E-state index contributed by atoms with van der Waals surface area (Å²) >= 11 is 0. The van der Waals surface area contributed by atoms with Gasteiger partial charge in [-0.3, -0.25) is 0 Å². The molecule has 5 heteroatoms. The number of rotatable bonds is 7. The summed E-state index contributed by atoms with van der Waals surface area (Å²) in [6, 6.07) is 10.4. The summed E-state index contributed by atoms with van der Waals surface area (Å²) in [4.78, 5) is 6.24. The molecule has 0 saturated heterocycles. The Kier molecular flexibility index (Phi) is 5.72. The Labute approximate surface area is 130 Å². The number of nitrogens with two attached hydrogens (primary N) is 1. The van der Waals surface area contributed by atoms with Gasteiger partial charge in [0.15, 0.2) is 0 Å². The van der Waals surface area contributed by atoms with Gasteiger partial charge < -0.3 is 15.4 Å². The highest BCUT2D eigenvalue weighted by molar-refractivity contribution is 5.41. The molecule has 0 fully saturated rings. The average molecular weight is 303 g/mol. The van der Waals surface area contributed by atoms with E-state index in [0.717, 1.165) is 17.8 Å². The van der Waals surface area contributed by atoms with Crippen LogP contribution in [0.25, 0.3) is 0 Å². The number of ether oxygens (including phenoxy) is 1. The van der Waals surface area contributed by atoms with Gasteiger partial charge in [0.2, 0.25) is 0 Å². The van der Waals surface area contributed by atoms with Crippen LogP contribution in [0.2, 0.25) is 0 Å². The predicted molar refractivity (Wildman–Crippen MR) is 86.5 cm³/mol. The summed E-state index contributed by atoms with van der Waals surface area (Å²) in [5, 5.41) is 0. The molecule has 4 nitrogen and oxygen atoms in total. The van der Waals surface area contributed by atoms with E-state index in [0.29, 0.717) is 18.9 Å². The molecule has 2 aromatic rings. The molecule has 1 aromatic heterocycles. The largest absolute Gasteiger partial charge is 0.493 e. The molecule has 2 N–H and O–H groups in total. The summed E-state index contributed by atoms with van der Waals surface area (Å²) in [5.41, 5.74) is 6.51. The first kappa shape index (κ1) is 16.2. The maximum absolute atomic E-state index is 13.5. The minimum atomic E-state index is -0.274. The van der Waals surface area contributed by atoms with Gasteiger partial charge in [-0.2, -0.15) is 0 Å². The molecule has 0 aliphatic carbocycles. The lowest BCUT2D eigenvalue weighted by atomic mass is 10.1. The van der Waals surface area contributed by atoms with E-state index in [9.17, 15) is 4.39 Å². The van der Waals surface area contributed by atoms with Gasteiger partial charge in [0.1, 0.15) is 17.4 Å². The maximum atomic E-state index is 13.5. The number of nitrogens with zero attached hydrogens (tertiary/aromatic N) is 2. The number of halogens is 1. The van der Waals surface area contributed by atoms with Crippen LogP contribution in [0.1, 0.15) is 18.9 Å². The van der Waals surface area contributed by atoms with E-state index in [4.69, 9.17) is 10.5 Å². The lowest BCUT2D eigenvalue weighted by Gasteiger charge is -2.20. The molecular formula is C17H22FN3O. The highest BCUT2D eigenvalue weighted by Crippen LogP contribution is 2.23. The highest BCUT2D eigenvalue weighted by atomic mass is 19.1. The van der Waals surface area contributed by atoms with Crippen molar-refractivity contribution in [1.82, 2.24) is 4.98 Å². The second-order valence-corrected chi connectivity index (χ2v) is 5.41. The summed E-state index contributed by atoms with van der Waals surface area (Å²) < 4.78 is 19.3. The molecule has 0 radical (unpaired) electrons. The van der Waals surface area contributed by atoms with Gasteiger partial charge >= 0.3 is 0 Å². The Bertz CT molecular complexity index is 590. The summed E-state index contributed by atoms with van der Waals surface area (Å²) in [6.45, 7) is 2.97. The average Bonchev–Trinajstić information content (AvgIpc) is 2.50. The van der Waals surface area contributed by atoms with Gasteiger partial charge in [-0.1, -0.05) is 6.07 Å². The van der Waals surface area contributed by atoms with Crippen molar-refractivity contribution in [1.29, 1.82) is 0 Å². The molecule has 0 unspecified atom stereocenters. The molecule has 22 heavy (non-hydrogen) atoms. The van der Waals surface area contributed by atoms with E-state index in [-0.39, 0.29) is 11.9 Å². The minimum absolute atomic E-state index is 0.0834. The number of pyridine rings is 1. The fourth-order valence-electron chi connectivity index (χ4n) is 2.08. The van der Waals surface area contributed by atoms with Crippen LogP contribution in [-0.2, 0) is 6.54 Å². The maximum Gasteiger partial charge on any atom is 0.128 e. The highest BCUT2D eigenvalue weighted by Gasteiger charge is 2.10. The fraction of sp³-hybridized carbons (Fsp3) is 0.353. The van der Waals surface area contributed by atoms with E-state index in [2.05, 4.69) is 4.98 Å². The summed E-state index contributed by atoms with van der Waals surface area (Å²) in [7, 11) is 1.92. The second-order valence-electron chi connectivity index (χ2n) is 5.41. The molecule has 0 aliphatic heterocycles. The Morgan fingerprint density at radius 2 is 2.14 bits per heavy atom. The van der Waals surface area contributed by atoms with Crippen molar-refractivity contribution in [2.24, 2.45) is 5.73 Å². The first-order valence-electron chi connectivity index (χ1n) is 7.35. The zero-order chi connectivity index (χ0) is 15.9. The van der Waals surface area contributed by atoms with Crippen LogP contribution in [0.3, 0.4) is 0 Å². The molecule has 0 amide bonds. The van der Waals surface area contributed by atoms with E-state index in [1.807, 2.05) is 37.1 Å². The van der Waals surface area contributed by atoms with E-state index in [1.54, 1.807) is 12.3 Å². The minimum Gasteiger partial charge on any atom is -0.493 e. The van der Waals surface area contributed by atoms with Crippen molar-refractivity contribution in [3.63, 3.8) is 0 Å². The van der Waals surface area contributed by atoms with Gasteiger partial charge in [0.25, 0.3) is 0 Å². The van der Waals surface area contributed by atoms with Crippen LogP contribution in [-0.4, -0.2) is 24.7 Å². The molecule has 1 aromatic carbocycles. The third-order valence-corrected chi connectivity index (χ3v) is 3.30. The molecule has 0 spiro atoms. The lowest BCUT2D eigenvalue weighted by molar-refractivity contribution is 0.297. The standard InChI is InChI=1S/C17H22FN3O/c1-13(19)8-10-22-16-7-6-15(18)11-14(16)12-21(2)17-5-3-4-9-20-17/h3-7,9,11,13H,8,10,12,19H2,1-2H3/t13-/m1/s1. The topological polar surface area (TPSA) is 51.4 Å². The SMILES string of the molecule is C[C@@H](N)CCOc1ccc(F)cc1CN(C)c1ccccn1. The van der Waals surface area contributed by atoms with Crippen molar-refractivity contribution in [3.05, 3.63) is 54.0 Å². The normalized spacial score (nSPS) is 12.0. The molecule has 0 saturated carbocycles. The van der Waals surface area contributed by atoms with Gasteiger partial charge in [-0.15, -0.1) is 0 Å². The number of benzene rings is 1. The number of hydrogen-bond acceptors (Lipinski definition) is 4. The second kappa shape index (κ2) is 7.75. The molecule has 0 aliphatic rings. The lowest BCUT2D eigenvalue weighted by Crippen LogP contribution is -2.20. The molecular weight excluding hydrogens is 281 g/mol. The molecule has 1 atom stereocenters. The molecule has 1 heterocycles. The smallest absolute Gasteiger partial charge is 0.128 e. The van der Waals surface area contributed by atoms with Crippen LogP contribution in [0.5, 0.6) is 5.75 Å². The van der Waals surface area contributed by atoms with Crippen molar-refractivity contribution < 1.29 is 9.13 Å². The number of anilines is 1. The van der Waals surface area contributed by atoms with Gasteiger partial charge in [0.05, 0.1) is 6.61 Å². The Hall–Kier alpha value is -2.14. The summed E-state index contributed by atoms with van der Waals surface area (Å²) in [6.07, 6.45) is 2.49. The molecule has 0 bridgehead atoms. The Morgan fingerprint density at radius 3 is 2.82 bits per heavy atom. The summed E-state index contributed by atoms with van der Waals surface area (Å²) in [5.74, 6) is 1.24. The third kappa shape index (κ3) is 4.70. The van der Waals surface area contributed by atoms with Crippen LogP contribution >= 0.6 is 0 Å². The quantitative estimate of drug-likeness (QED) is 0.854. The third-order valence-electron chi connectivity index (χ3n) is 3.30. The van der Waals surface area contributed by atoms with Crippen LogP contribution in [0.4, 0.5) is 10.2 Å². The van der Waals surface area contributed by atoms with Crippen LogP contribution < -0.4 is 15.4 Å². The zero-order valence-electron chi connectivity index (χ0n) is 13.0. The van der Waals surface area contributed by atoms with Gasteiger partial charge in [-0.05, 0) is 43.7 Å². The zero-order valence-corrected chi connectivity index (χ0v) is 13.0. The van der Waals surface area contributed by atoms with Crippen LogP contribution in [0.15, 0.2) is 42.6 Å². The van der Waals surface area contributed by atoms with E-state index >= 15 is 0 Å².